The number of nitrogens with one attached hydrogen (secondary N) is 2. The Hall–Kier alpha value is -0.780. The fourth-order valence-electron chi connectivity index (χ4n) is 0.868. The van der Waals surface area contributed by atoms with Crippen molar-refractivity contribution < 1.29 is 14.3 Å². The summed E-state index contributed by atoms with van der Waals surface area (Å²) in [5.74, 6) is -0.0581. The third kappa shape index (κ3) is 9.76. The number of hydrogen-bond donors (Lipinski definition) is 2. The largest absolute Gasteiger partial charge is 0.444 e. The van der Waals surface area contributed by atoms with E-state index in [-0.39, 0.29) is 5.91 Å². The summed E-state index contributed by atoms with van der Waals surface area (Å²) in [5, 5.41) is 5.58. The van der Waals surface area contributed by atoms with Crippen molar-refractivity contribution in [1.29, 1.82) is 0 Å². The first-order valence-electron chi connectivity index (χ1n) is 5.14. The van der Waals surface area contributed by atoms with E-state index < -0.39 is 11.7 Å². The Morgan fingerprint density at radius 2 is 1.75 bits per heavy atom. The fraction of sp³-hybridized carbons (Fsp3) is 0.800. The molecule has 0 fully saturated rings. The molecule has 0 saturated carbocycles. The Morgan fingerprint density at radius 1 is 1.19 bits per heavy atom. The predicted octanol–water partition coefficient (Wildman–Crippen LogP) is 1.41. The van der Waals surface area contributed by atoms with Gasteiger partial charge in [-0.2, -0.15) is 0 Å². The van der Waals surface area contributed by atoms with Crippen molar-refractivity contribution in [1.82, 2.24) is 10.6 Å². The lowest BCUT2D eigenvalue weighted by Crippen LogP contribution is -2.34. The number of halogens is 1. The minimum Gasteiger partial charge on any atom is -0.444 e. The van der Waals surface area contributed by atoms with Crippen LogP contribution in [0, 0.1) is 0 Å². The van der Waals surface area contributed by atoms with E-state index >= 15 is 0 Å². The number of alkyl halides is 1. The van der Waals surface area contributed by atoms with Crippen LogP contribution in [0.2, 0.25) is 0 Å². The van der Waals surface area contributed by atoms with Crippen LogP contribution < -0.4 is 10.6 Å². The summed E-state index contributed by atoms with van der Waals surface area (Å²) in [6, 6.07) is 0. The van der Waals surface area contributed by atoms with Crippen molar-refractivity contribution in [3.05, 3.63) is 0 Å². The van der Waals surface area contributed by atoms with Gasteiger partial charge in [0.05, 0.1) is 5.33 Å². The molecule has 0 aliphatic carbocycles. The van der Waals surface area contributed by atoms with Gasteiger partial charge >= 0.3 is 6.09 Å². The van der Waals surface area contributed by atoms with E-state index in [0.717, 1.165) is 0 Å². The summed E-state index contributed by atoms with van der Waals surface area (Å²) in [7, 11) is 0. The SMILES string of the molecule is CC(C)(C)OC(=O)NCCCNC(=O)CBr. The average Bonchev–Trinajstić information content (AvgIpc) is 2.14. The normalized spacial score (nSPS) is 10.8. The second-order valence-electron chi connectivity index (χ2n) is 4.27. The van der Waals surface area contributed by atoms with E-state index in [1.165, 1.54) is 0 Å². The van der Waals surface area contributed by atoms with Crippen molar-refractivity contribution in [3.8, 4) is 0 Å². The van der Waals surface area contributed by atoms with Crippen LogP contribution in [0.15, 0.2) is 0 Å². The molecule has 6 heteroatoms. The fourth-order valence-corrected chi connectivity index (χ4v) is 1.07. The Labute approximate surface area is 104 Å². The third-order valence-corrected chi connectivity index (χ3v) is 1.97. The van der Waals surface area contributed by atoms with Gasteiger partial charge in [0, 0.05) is 13.1 Å². The molecule has 2 amide bonds. The molecule has 0 heterocycles. The number of alkyl carbamates (subject to hydrolysis) is 1. The zero-order valence-electron chi connectivity index (χ0n) is 9.93. The highest BCUT2D eigenvalue weighted by molar-refractivity contribution is 9.09. The summed E-state index contributed by atoms with van der Waals surface area (Å²) in [5.41, 5.74) is -0.478. The first-order chi connectivity index (χ1) is 7.35. The van der Waals surface area contributed by atoms with E-state index in [2.05, 4.69) is 26.6 Å². The molecule has 2 N–H and O–H groups in total. The van der Waals surface area contributed by atoms with Gasteiger partial charge in [0.2, 0.25) is 5.91 Å². The number of amides is 2. The Balaban J connectivity index is 3.45. The smallest absolute Gasteiger partial charge is 0.407 e. The number of rotatable bonds is 5. The maximum Gasteiger partial charge on any atom is 0.407 e. The lowest BCUT2D eigenvalue weighted by Gasteiger charge is -2.19. The van der Waals surface area contributed by atoms with Crippen molar-refractivity contribution in [2.45, 2.75) is 32.8 Å². The van der Waals surface area contributed by atoms with Crippen LogP contribution in [-0.4, -0.2) is 36.0 Å². The van der Waals surface area contributed by atoms with E-state index in [1.54, 1.807) is 0 Å². The molecular formula is C10H19BrN2O3. The number of hydrogen-bond acceptors (Lipinski definition) is 3. The van der Waals surface area contributed by atoms with Crippen molar-refractivity contribution >= 4 is 27.9 Å². The number of ether oxygens (including phenoxy) is 1. The summed E-state index contributed by atoms with van der Waals surface area (Å²) in [6.45, 7) is 6.45. The molecule has 94 valence electrons. The monoisotopic (exact) mass is 294 g/mol. The molecule has 0 aromatic heterocycles. The van der Waals surface area contributed by atoms with Gasteiger partial charge in [-0.15, -0.1) is 0 Å². The summed E-state index contributed by atoms with van der Waals surface area (Å²) in [4.78, 5) is 22.0. The zero-order chi connectivity index (χ0) is 12.6. The van der Waals surface area contributed by atoms with E-state index in [0.29, 0.717) is 24.8 Å². The van der Waals surface area contributed by atoms with Crippen molar-refractivity contribution in [2.75, 3.05) is 18.4 Å². The Bertz CT molecular complexity index is 239. The van der Waals surface area contributed by atoms with Crippen LogP contribution >= 0.6 is 15.9 Å². The van der Waals surface area contributed by atoms with Crippen LogP contribution in [0.25, 0.3) is 0 Å². The van der Waals surface area contributed by atoms with Crippen LogP contribution in [0.5, 0.6) is 0 Å². The summed E-state index contributed by atoms with van der Waals surface area (Å²) in [6.07, 6.45) is 0.247. The molecule has 0 atom stereocenters. The highest BCUT2D eigenvalue weighted by atomic mass is 79.9. The molecule has 16 heavy (non-hydrogen) atoms. The highest BCUT2D eigenvalue weighted by Gasteiger charge is 2.15. The zero-order valence-corrected chi connectivity index (χ0v) is 11.5. The third-order valence-electron chi connectivity index (χ3n) is 1.47. The van der Waals surface area contributed by atoms with Gasteiger partial charge in [-0.1, -0.05) is 15.9 Å². The molecule has 0 aliphatic heterocycles. The topological polar surface area (TPSA) is 67.4 Å². The van der Waals surface area contributed by atoms with Gasteiger partial charge < -0.3 is 15.4 Å². The van der Waals surface area contributed by atoms with Crippen LogP contribution in [-0.2, 0) is 9.53 Å². The number of carbonyl (C=O) groups is 2. The lowest BCUT2D eigenvalue weighted by molar-refractivity contribution is -0.118. The minimum atomic E-state index is -0.478. The van der Waals surface area contributed by atoms with E-state index in [4.69, 9.17) is 4.74 Å². The quantitative estimate of drug-likeness (QED) is 0.595. The maximum absolute atomic E-state index is 11.2. The molecule has 0 aromatic carbocycles. The number of carbonyl (C=O) groups excluding carboxylic acids is 2. The molecule has 0 unspecified atom stereocenters. The van der Waals surface area contributed by atoms with Gasteiger partial charge in [-0.05, 0) is 27.2 Å². The predicted molar refractivity (Wildman–Crippen MR) is 65.7 cm³/mol. The molecular weight excluding hydrogens is 276 g/mol. The average molecular weight is 295 g/mol. The van der Waals surface area contributed by atoms with Crippen LogP contribution in [0.4, 0.5) is 4.79 Å². The molecule has 0 radical (unpaired) electrons. The van der Waals surface area contributed by atoms with Crippen LogP contribution in [0.1, 0.15) is 27.2 Å². The van der Waals surface area contributed by atoms with Crippen LogP contribution in [0.3, 0.4) is 0 Å². The molecule has 0 aromatic rings. The maximum atomic E-state index is 11.2. The standard InChI is InChI=1S/C10H19BrN2O3/c1-10(2,3)16-9(15)13-6-4-5-12-8(14)7-11/h4-7H2,1-3H3,(H,12,14)(H,13,15). The first kappa shape index (κ1) is 15.2. The molecule has 0 bridgehead atoms. The molecule has 0 spiro atoms. The van der Waals surface area contributed by atoms with E-state index in [1.807, 2.05) is 20.8 Å². The summed E-state index contributed by atoms with van der Waals surface area (Å²) < 4.78 is 5.04. The summed E-state index contributed by atoms with van der Waals surface area (Å²) >= 11 is 3.04. The van der Waals surface area contributed by atoms with Gasteiger partial charge in [-0.3, -0.25) is 4.79 Å². The second-order valence-corrected chi connectivity index (χ2v) is 4.83. The van der Waals surface area contributed by atoms with Gasteiger partial charge in [0.1, 0.15) is 5.60 Å². The lowest BCUT2D eigenvalue weighted by atomic mass is 10.2. The van der Waals surface area contributed by atoms with Gasteiger partial charge in [-0.25, -0.2) is 4.79 Å². The molecule has 5 nitrogen and oxygen atoms in total. The minimum absolute atomic E-state index is 0.0581. The van der Waals surface area contributed by atoms with Crippen molar-refractivity contribution in [3.63, 3.8) is 0 Å². The first-order valence-corrected chi connectivity index (χ1v) is 6.27. The van der Waals surface area contributed by atoms with Gasteiger partial charge in [0.15, 0.2) is 0 Å². The van der Waals surface area contributed by atoms with Crippen molar-refractivity contribution in [2.24, 2.45) is 0 Å². The van der Waals surface area contributed by atoms with Gasteiger partial charge in [0.25, 0.3) is 0 Å². The second kappa shape index (κ2) is 7.49. The highest BCUT2D eigenvalue weighted by Crippen LogP contribution is 2.06. The molecule has 0 saturated heterocycles. The molecule has 0 rings (SSSR count). The molecule has 0 aliphatic rings. The Kier molecular flexibility index (Phi) is 7.12. The van der Waals surface area contributed by atoms with E-state index in [9.17, 15) is 9.59 Å². The Morgan fingerprint density at radius 3 is 2.25 bits per heavy atom.